The van der Waals surface area contributed by atoms with Gasteiger partial charge >= 0.3 is 0 Å². The van der Waals surface area contributed by atoms with Crippen molar-refractivity contribution in [2.75, 3.05) is 0 Å². The monoisotopic (exact) mass is 249 g/mol. The molecule has 1 N–H and O–H groups in total. The summed E-state index contributed by atoms with van der Waals surface area (Å²) in [6.45, 7) is 1.90. The van der Waals surface area contributed by atoms with E-state index in [2.05, 4.69) is 6.07 Å². The molecule has 18 heavy (non-hydrogen) atoms. The van der Waals surface area contributed by atoms with Crippen LogP contribution in [0.4, 0.5) is 0 Å². The lowest BCUT2D eigenvalue weighted by molar-refractivity contribution is -0.119. The van der Waals surface area contributed by atoms with Gasteiger partial charge in [0.25, 0.3) is 0 Å². The van der Waals surface area contributed by atoms with Crippen LogP contribution < -0.4 is 0 Å². The van der Waals surface area contributed by atoms with E-state index in [1.165, 1.54) is 19.3 Å². The summed E-state index contributed by atoms with van der Waals surface area (Å²) in [5.41, 5.74) is -1.54. The number of ether oxygens (including phenoxy) is 1. The van der Waals surface area contributed by atoms with Gasteiger partial charge in [-0.15, -0.1) is 0 Å². The van der Waals surface area contributed by atoms with E-state index in [4.69, 9.17) is 4.74 Å². The van der Waals surface area contributed by atoms with Crippen LogP contribution in [-0.4, -0.2) is 22.9 Å². The van der Waals surface area contributed by atoms with Crippen LogP contribution in [0, 0.1) is 22.7 Å². The van der Waals surface area contributed by atoms with Gasteiger partial charge < -0.3 is 9.84 Å². The second-order valence-corrected chi connectivity index (χ2v) is 6.59. The van der Waals surface area contributed by atoms with E-state index in [0.717, 1.165) is 32.1 Å². The largest absolute Gasteiger partial charge is 0.388 e. The molecule has 2 aliphatic heterocycles. The topological polar surface area (TPSA) is 53.2 Å². The molecule has 0 aromatic rings. The SMILES string of the molecule is CC(O)(C1CCCCC1)C1(C#N)CC2CCC1O2. The number of rotatable bonds is 2. The molecule has 3 aliphatic rings. The van der Waals surface area contributed by atoms with Gasteiger partial charge in [-0.05, 0) is 44.9 Å². The van der Waals surface area contributed by atoms with Gasteiger partial charge in [-0.3, -0.25) is 0 Å². The highest BCUT2D eigenvalue weighted by Gasteiger charge is 2.63. The Hall–Kier alpha value is -0.590. The highest BCUT2D eigenvalue weighted by Crippen LogP contribution is 2.56. The van der Waals surface area contributed by atoms with Crippen molar-refractivity contribution in [2.45, 2.75) is 76.1 Å². The molecule has 0 radical (unpaired) electrons. The molecule has 1 aliphatic carbocycles. The lowest BCUT2D eigenvalue weighted by Gasteiger charge is -2.47. The molecule has 4 unspecified atom stereocenters. The van der Waals surface area contributed by atoms with E-state index in [0.29, 0.717) is 0 Å². The molecule has 0 aromatic carbocycles. The standard InChI is InChI=1S/C15H23NO2/c1-14(17,11-5-3-2-4-6-11)15(10-16)9-12-7-8-13(15)18-12/h11-13,17H,2-9H2,1H3. The van der Waals surface area contributed by atoms with E-state index < -0.39 is 11.0 Å². The summed E-state index contributed by atoms with van der Waals surface area (Å²) in [6, 6.07) is 2.47. The normalized spacial score (nSPS) is 43.6. The fraction of sp³-hybridized carbons (Fsp3) is 0.933. The van der Waals surface area contributed by atoms with Crippen molar-refractivity contribution in [1.29, 1.82) is 5.26 Å². The number of aliphatic hydroxyl groups is 1. The maximum absolute atomic E-state index is 11.1. The summed E-state index contributed by atoms with van der Waals surface area (Å²) in [7, 11) is 0. The molecule has 2 heterocycles. The van der Waals surface area contributed by atoms with Gasteiger partial charge in [-0.25, -0.2) is 0 Å². The molecule has 2 bridgehead atoms. The highest BCUT2D eigenvalue weighted by atomic mass is 16.5. The predicted octanol–water partition coefficient (Wildman–Crippen LogP) is 2.78. The van der Waals surface area contributed by atoms with Gasteiger partial charge in [0.2, 0.25) is 0 Å². The van der Waals surface area contributed by atoms with Crippen LogP contribution >= 0.6 is 0 Å². The Kier molecular flexibility index (Phi) is 2.91. The Morgan fingerprint density at radius 1 is 1.22 bits per heavy atom. The number of hydrogen-bond acceptors (Lipinski definition) is 3. The van der Waals surface area contributed by atoms with Crippen molar-refractivity contribution in [3.63, 3.8) is 0 Å². The summed E-state index contributed by atoms with van der Waals surface area (Å²) in [6.07, 6.45) is 8.70. The fourth-order valence-electron chi connectivity index (χ4n) is 4.50. The van der Waals surface area contributed by atoms with Gasteiger partial charge in [0, 0.05) is 0 Å². The third kappa shape index (κ3) is 1.55. The van der Waals surface area contributed by atoms with E-state index in [1.807, 2.05) is 6.92 Å². The van der Waals surface area contributed by atoms with Crippen LogP contribution in [0.5, 0.6) is 0 Å². The average molecular weight is 249 g/mol. The van der Waals surface area contributed by atoms with Gasteiger partial charge in [0.15, 0.2) is 0 Å². The minimum atomic E-state index is -0.887. The molecule has 3 nitrogen and oxygen atoms in total. The molecule has 2 saturated heterocycles. The van der Waals surface area contributed by atoms with E-state index in [1.54, 1.807) is 0 Å². The zero-order valence-corrected chi connectivity index (χ0v) is 11.2. The number of nitriles is 1. The lowest BCUT2D eigenvalue weighted by atomic mass is 9.58. The Morgan fingerprint density at radius 3 is 2.44 bits per heavy atom. The van der Waals surface area contributed by atoms with Gasteiger partial charge in [-0.1, -0.05) is 19.3 Å². The number of hydrogen-bond donors (Lipinski definition) is 1. The maximum Gasteiger partial charge on any atom is 0.114 e. The predicted molar refractivity (Wildman–Crippen MR) is 67.8 cm³/mol. The Balaban J connectivity index is 1.88. The quantitative estimate of drug-likeness (QED) is 0.818. The minimum absolute atomic E-state index is 0.0376. The molecular weight excluding hydrogens is 226 g/mol. The van der Waals surface area contributed by atoms with Gasteiger partial charge in [0.1, 0.15) is 5.41 Å². The first-order valence-electron chi connectivity index (χ1n) is 7.39. The van der Waals surface area contributed by atoms with Gasteiger partial charge in [0.05, 0.1) is 23.9 Å². The fourth-order valence-corrected chi connectivity index (χ4v) is 4.50. The second-order valence-electron chi connectivity index (χ2n) is 6.59. The molecular formula is C15H23NO2. The first-order chi connectivity index (χ1) is 8.60. The summed E-state index contributed by atoms with van der Waals surface area (Å²) in [5, 5.41) is 20.8. The highest BCUT2D eigenvalue weighted by molar-refractivity contribution is 5.21. The third-order valence-corrected chi connectivity index (χ3v) is 5.71. The maximum atomic E-state index is 11.1. The van der Waals surface area contributed by atoms with Crippen molar-refractivity contribution in [3.8, 4) is 6.07 Å². The molecule has 3 fully saturated rings. The summed E-state index contributed by atoms with van der Waals surface area (Å²) >= 11 is 0. The van der Waals surface area contributed by atoms with Crippen molar-refractivity contribution < 1.29 is 9.84 Å². The molecule has 4 atom stereocenters. The Bertz CT molecular complexity index is 367. The molecule has 0 spiro atoms. The van der Waals surface area contributed by atoms with Crippen molar-refractivity contribution >= 4 is 0 Å². The smallest absolute Gasteiger partial charge is 0.114 e. The molecule has 3 heteroatoms. The molecule has 3 rings (SSSR count). The van der Waals surface area contributed by atoms with Crippen LogP contribution in [0.25, 0.3) is 0 Å². The van der Waals surface area contributed by atoms with Crippen molar-refractivity contribution in [3.05, 3.63) is 0 Å². The molecule has 0 aromatic heterocycles. The van der Waals surface area contributed by atoms with E-state index >= 15 is 0 Å². The number of nitrogens with zero attached hydrogens (tertiary/aromatic N) is 1. The van der Waals surface area contributed by atoms with Crippen molar-refractivity contribution in [1.82, 2.24) is 0 Å². The van der Waals surface area contributed by atoms with E-state index in [-0.39, 0.29) is 18.1 Å². The van der Waals surface area contributed by atoms with Crippen molar-refractivity contribution in [2.24, 2.45) is 11.3 Å². The first kappa shape index (κ1) is 12.4. The second kappa shape index (κ2) is 4.21. The number of fused-ring (bicyclic) bond motifs is 2. The molecule has 0 amide bonds. The summed E-state index contributed by atoms with van der Waals surface area (Å²) in [5.74, 6) is 0.272. The zero-order valence-electron chi connectivity index (χ0n) is 11.2. The lowest BCUT2D eigenvalue weighted by Crippen LogP contribution is -2.55. The van der Waals surface area contributed by atoms with E-state index in [9.17, 15) is 10.4 Å². The van der Waals surface area contributed by atoms with Crippen LogP contribution in [0.15, 0.2) is 0 Å². The van der Waals surface area contributed by atoms with Crippen LogP contribution in [0.3, 0.4) is 0 Å². The molecule has 1 saturated carbocycles. The summed E-state index contributed by atoms with van der Waals surface area (Å²) < 4.78 is 5.87. The Labute approximate surface area is 109 Å². The zero-order chi connectivity index (χ0) is 12.8. The third-order valence-electron chi connectivity index (χ3n) is 5.71. The van der Waals surface area contributed by atoms with Crippen LogP contribution in [0.1, 0.15) is 58.3 Å². The minimum Gasteiger partial charge on any atom is -0.388 e. The summed E-state index contributed by atoms with van der Waals surface area (Å²) in [4.78, 5) is 0. The van der Waals surface area contributed by atoms with Gasteiger partial charge in [-0.2, -0.15) is 5.26 Å². The van der Waals surface area contributed by atoms with Crippen LogP contribution in [0.2, 0.25) is 0 Å². The first-order valence-corrected chi connectivity index (χ1v) is 7.39. The molecule has 100 valence electrons. The average Bonchev–Trinajstić information content (AvgIpc) is 3.00. The Morgan fingerprint density at radius 2 is 1.94 bits per heavy atom. The van der Waals surface area contributed by atoms with Crippen LogP contribution in [-0.2, 0) is 4.74 Å².